The quantitative estimate of drug-likeness (QED) is 0.0943. The minimum absolute atomic E-state index is 0.0354. The third kappa shape index (κ3) is 8.50. The van der Waals surface area contributed by atoms with Crippen LogP contribution in [0.3, 0.4) is 0 Å². The monoisotopic (exact) mass is 921 g/mol. The first kappa shape index (κ1) is 43.8. The van der Waals surface area contributed by atoms with E-state index in [1.807, 2.05) is 0 Å². The van der Waals surface area contributed by atoms with Crippen molar-refractivity contribution in [2.75, 3.05) is 0 Å². The molecule has 5 aliphatic heterocycles. The molecule has 0 amide bonds. The largest absolute Gasteiger partial charge is 0.490 e. The third-order valence-electron chi connectivity index (χ3n) is 18.0. The van der Waals surface area contributed by atoms with E-state index in [0.29, 0.717) is 23.7 Å². The van der Waals surface area contributed by atoms with E-state index in [2.05, 4.69) is 164 Å². The van der Waals surface area contributed by atoms with Crippen molar-refractivity contribution in [2.45, 2.75) is 151 Å². The molecule has 4 aromatic carbocycles. The maximum Gasteiger partial charge on any atom is 0.119 e. The molecule has 0 radical (unpaired) electrons. The molecule has 4 aromatic rings. The third-order valence-corrected chi connectivity index (χ3v) is 18.0. The molecule has 5 heterocycles. The minimum Gasteiger partial charge on any atom is -0.490 e. The molecule has 68 heavy (non-hydrogen) atoms. The fourth-order valence-corrected chi connectivity index (χ4v) is 15.3. The Morgan fingerprint density at radius 2 is 0.456 bits per heavy atom. The van der Waals surface area contributed by atoms with E-state index < -0.39 is 0 Å². The highest BCUT2D eigenvalue weighted by Gasteiger charge is 2.59. The molecule has 5 saturated heterocycles. The average Bonchev–Trinajstić information content (AvgIpc) is 4.12. The maximum atomic E-state index is 7.05. The topological polar surface area (TPSA) is 133 Å². The summed E-state index contributed by atoms with van der Waals surface area (Å²) >= 11 is 0. The highest BCUT2D eigenvalue weighted by molar-refractivity contribution is 5.26. The molecule has 4 aliphatic carbocycles. The summed E-state index contributed by atoms with van der Waals surface area (Å²) in [5.74, 6) is 6.39. The van der Waals surface area contributed by atoms with E-state index in [0.717, 1.165) is 100 Å². The average molecular weight is 921 g/mol. The molecule has 12 heteroatoms. The Balaban J connectivity index is 0.882. The van der Waals surface area contributed by atoms with Crippen LogP contribution in [0.4, 0.5) is 0 Å². The first-order chi connectivity index (χ1) is 33.7. The van der Waals surface area contributed by atoms with Gasteiger partial charge in [-0.2, -0.15) is 0 Å². The van der Waals surface area contributed by atoms with E-state index in [9.17, 15) is 0 Å². The summed E-state index contributed by atoms with van der Waals surface area (Å²) in [4.78, 5) is 0. The normalized spacial score (nSPS) is 42.7. The molecule has 4 saturated carbocycles. The second-order valence-corrected chi connectivity index (χ2v) is 21.7. The van der Waals surface area contributed by atoms with Crippen LogP contribution >= 0.6 is 0 Å². The van der Waals surface area contributed by atoms with Gasteiger partial charge in [0.15, 0.2) is 0 Å². The van der Waals surface area contributed by atoms with Gasteiger partial charge in [0.05, 0.1) is 49.3 Å². The zero-order chi connectivity index (χ0) is 45.0. The number of nitrogens with one attached hydrogen (secondary N) is 8. The number of ether oxygens (including phenoxy) is 4. The van der Waals surface area contributed by atoms with Crippen LogP contribution in [0.1, 0.15) is 77.0 Å². The van der Waals surface area contributed by atoms with Crippen LogP contribution in [0, 0.1) is 47.3 Å². The van der Waals surface area contributed by atoms with Crippen molar-refractivity contribution >= 4 is 0 Å². The maximum absolute atomic E-state index is 7.05. The van der Waals surface area contributed by atoms with Gasteiger partial charge in [0.25, 0.3) is 0 Å². The summed E-state index contributed by atoms with van der Waals surface area (Å²) in [7, 11) is 0. The number of fused-ring (bicyclic) bond motifs is 20. The Kier molecular flexibility index (Phi) is 12.3. The highest BCUT2D eigenvalue weighted by atomic mass is 16.5. The molecule has 8 bridgehead atoms. The van der Waals surface area contributed by atoms with Crippen molar-refractivity contribution < 1.29 is 18.9 Å². The van der Waals surface area contributed by atoms with Crippen molar-refractivity contribution in [1.82, 2.24) is 42.5 Å². The SMILES string of the molecule is c1ccc(OC2CCCC3C4NC(NC5NC(NC6NC(NC7NC(N4)C4C(Oc8ccccc8)CCCC74)C4C(Oc7ccccc7)CCCC64)C4C(Oc6ccccc6)CCCC54)C23)cc1. The van der Waals surface area contributed by atoms with Gasteiger partial charge < -0.3 is 18.9 Å². The number of benzene rings is 4. The van der Waals surface area contributed by atoms with E-state index in [-0.39, 0.29) is 97.4 Å². The van der Waals surface area contributed by atoms with E-state index in [1.54, 1.807) is 0 Å². The molecular weight excluding hydrogens is 849 g/mol. The second-order valence-electron chi connectivity index (χ2n) is 21.7. The molecule has 8 N–H and O–H groups in total. The first-order valence-electron chi connectivity index (χ1n) is 26.6. The predicted octanol–water partition coefficient (Wildman–Crippen LogP) is 6.84. The van der Waals surface area contributed by atoms with Gasteiger partial charge in [-0.15, -0.1) is 0 Å². The van der Waals surface area contributed by atoms with Gasteiger partial charge >= 0.3 is 0 Å². The van der Waals surface area contributed by atoms with Gasteiger partial charge in [0, 0.05) is 23.7 Å². The number of hydrogen-bond donors (Lipinski definition) is 8. The van der Waals surface area contributed by atoms with Crippen LogP contribution in [0.2, 0.25) is 0 Å². The molecule has 12 atom stereocenters. The van der Waals surface area contributed by atoms with E-state index >= 15 is 0 Å². The number of para-hydroxylation sites is 4. The van der Waals surface area contributed by atoms with Gasteiger partial charge in [-0.3, -0.25) is 42.5 Å². The lowest BCUT2D eigenvalue weighted by Crippen LogP contribution is -2.62. The summed E-state index contributed by atoms with van der Waals surface area (Å²) in [5.41, 5.74) is 0. The van der Waals surface area contributed by atoms with Crippen molar-refractivity contribution in [3.05, 3.63) is 121 Å². The zero-order valence-electron chi connectivity index (χ0n) is 39.2. The Bertz CT molecular complexity index is 1950. The molecule has 12 unspecified atom stereocenters. The Morgan fingerprint density at radius 1 is 0.250 bits per heavy atom. The standard InChI is InChI=1S/C56H72N8O4/c1-5-17-33(18-6-1)65-41-29-13-25-37-45(41)53-57-49(37)62-54-47-39(27-15-31-43(47)67-35-21-9-3-10-22-35)51(59-54)64-56-48-40(28-16-32-44(48)68-36-23-11-4-12-24-36)52(60-56)63-55-46-38(50(58-55)61-53)26-14-30-42(46)66-34-19-7-2-8-20-34/h1-12,17-24,37-64H,13-16,25-32H2. The summed E-state index contributed by atoms with van der Waals surface area (Å²) in [6.45, 7) is 0. The fraction of sp³-hybridized carbons (Fsp3) is 0.571. The zero-order valence-corrected chi connectivity index (χ0v) is 39.2. The fourth-order valence-electron chi connectivity index (χ4n) is 15.3. The number of rotatable bonds is 8. The van der Waals surface area contributed by atoms with Crippen LogP contribution in [-0.2, 0) is 0 Å². The Hall–Kier alpha value is -4.24. The molecule has 0 spiro atoms. The van der Waals surface area contributed by atoms with Crippen LogP contribution in [0.15, 0.2) is 121 Å². The summed E-state index contributed by atoms with van der Waals surface area (Å²) < 4.78 is 28.2. The van der Waals surface area contributed by atoms with Gasteiger partial charge in [0.1, 0.15) is 47.4 Å². The lowest BCUT2D eigenvalue weighted by Gasteiger charge is -2.41. The van der Waals surface area contributed by atoms with Crippen LogP contribution < -0.4 is 61.5 Å². The predicted molar refractivity (Wildman–Crippen MR) is 262 cm³/mol. The molecular formula is C56H72N8O4. The van der Waals surface area contributed by atoms with E-state index in [1.165, 1.54) is 0 Å². The molecule has 9 fully saturated rings. The van der Waals surface area contributed by atoms with Crippen molar-refractivity contribution in [3.8, 4) is 23.0 Å². The smallest absolute Gasteiger partial charge is 0.119 e. The lowest BCUT2D eigenvalue weighted by atomic mass is 9.74. The minimum atomic E-state index is 0.0354. The van der Waals surface area contributed by atoms with E-state index in [4.69, 9.17) is 18.9 Å². The van der Waals surface area contributed by atoms with Gasteiger partial charge in [-0.25, -0.2) is 0 Å². The highest BCUT2D eigenvalue weighted by Crippen LogP contribution is 2.48. The first-order valence-corrected chi connectivity index (χ1v) is 26.6. The summed E-state index contributed by atoms with van der Waals surface area (Å²) in [6.07, 6.45) is 14.1. The molecule has 0 aromatic heterocycles. The Labute approximate surface area is 402 Å². The summed E-state index contributed by atoms with van der Waals surface area (Å²) in [6, 6.07) is 42.1. The lowest BCUT2D eigenvalue weighted by molar-refractivity contribution is 0.0250. The van der Waals surface area contributed by atoms with Gasteiger partial charge in [0.2, 0.25) is 0 Å². The van der Waals surface area contributed by atoms with Crippen molar-refractivity contribution in [3.63, 3.8) is 0 Å². The number of hydrogen-bond acceptors (Lipinski definition) is 12. The van der Waals surface area contributed by atoms with Crippen LogP contribution in [-0.4, -0.2) is 73.7 Å². The molecule has 12 nitrogen and oxygen atoms in total. The second kappa shape index (κ2) is 19.2. The van der Waals surface area contributed by atoms with Crippen molar-refractivity contribution in [1.29, 1.82) is 0 Å². The van der Waals surface area contributed by atoms with Crippen molar-refractivity contribution in [2.24, 2.45) is 47.3 Å². The van der Waals surface area contributed by atoms with Gasteiger partial charge in [-0.1, -0.05) is 72.8 Å². The Morgan fingerprint density at radius 3 is 0.662 bits per heavy atom. The van der Waals surface area contributed by atoms with Crippen LogP contribution in [0.25, 0.3) is 0 Å². The summed E-state index contributed by atoms with van der Waals surface area (Å²) in [5, 5.41) is 34.5. The molecule has 13 rings (SSSR count). The molecule has 360 valence electrons. The van der Waals surface area contributed by atoms with Crippen LogP contribution in [0.5, 0.6) is 23.0 Å². The molecule has 9 aliphatic rings. The van der Waals surface area contributed by atoms with Gasteiger partial charge in [-0.05, 0) is 149 Å².